The third kappa shape index (κ3) is 5.31. The highest BCUT2D eigenvalue weighted by Crippen LogP contribution is 2.11. The number of nitrogens with zero attached hydrogens (tertiary/aromatic N) is 3. The van der Waals surface area contributed by atoms with E-state index in [2.05, 4.69) is 53.4 Å². The van der Waals surface area contributed by atoms with Crippen LogP contribution in [-0.4, -0.2) is 48.6 Å². The van der Waals surface area contributed by atoms with Crippen LogP contribution in [0.5, 0.6) is 0 Å². The Balaban J connectivity index is 2.55. The molecule has 0 atom stereocenters. The molecule has 18 heavy (non-hydrogen) atoms. The van der Waals surface area contributed by atoms with Gasteiger partial charge in [-0.3, -0.25) is 0 Å². The minimum Gasteiger partial charge on any atom is -0.370 e. The number of anilines is 2. The molecule has 1 rings (SSSR count). The van der Waals surface area contributed by atoms with Crippen molar-refractivity contribution in [3.8, 4) is 0 Å². The van der Waals surface area contributed by atoms with Crippen molar-refractivity contribution >= 4 is 11.6 Å². The summed E-state index contributed by atoms with van der Waals surface area (Å²) in [5.41, 5.74) is 0. The van der Waals surface area contributed by atoms with Crippen LogP contribution in [0.15, 0.2) is 6.07 Å². The number of aryl methyl sites for hydroxylation is 1. The summed E-state index contributed by atoms with van der Waals surface area (Å²) in [5, 5.41) is 6.59. The fourth-order valence-electron chi connectivity index (χ4n) is 1.63. The molecule has 0 radical (unpaired) electrons. The molecule has 0 aromatic carbocycles. The van der Waals surface area contributed by atoms with E-state index < -0.39 is 0 Å². The average molecular weight is 251 g/mol. The van der Waals surface area contributed by atoms with Crippen molar-refractivity contribution in [2.75, 3.05) is 44.4 Å². The Hall–Kier alpha value is -1.36. The quantitative estimate of drug-likeness (QED) is 0.690. The molecule has 0 amide bonds. The summed E-state index contributed by atoms with van der Waals surface area (Å²) < 4.78 is 0. The molecule has 0 spiro atoms. The third-order valence-electron chi connectivity index (χ3n) is 2.53. The lowest BCUT2D eigenvalue weighted by atomic mass is 10.3. The Morgan fingerprint density at radius 3 is 2.33 bits per heavy atom. The van der Waals surface area contributed by atoms with Gasteiger partial charge in [-0.25, -0.2) is 9.97 Å². The molecule has 0 aliphatic carbocycles. The van der Waals surface area contributed by atoms with Gasteiger partial charge in [0.2, 0.25) is 0 Å². The molecular weight excluding hydrogens is 226 g/mol. The molecule has 0 fully saturated rings. The van der Waals surface area contributed by atoms with Crippen LogP contribution in [0.4, 0.5) is 11.6 Å². The fourth-order valence-corrected chi connectivity index (χ4v) is 1.63. The van der Waals surface area contributed by atoms with Crippen molar-refractivity contribution in [3.63, 3.8) is 0 Å². The number of nitrogens with one attached hydrogen (secondary N) is 2. The summed E-state index contributed by atoms with van der Waals surface area (Å²) in [7, 11) is 4.17. The number of aromatic nitrogens is 2. The first-order valence-corrected chi connectivity index (χ1v) is 6.66. The van der Waals surface area contributed by atoms with Crippen LogP contribution in [0.25, 0.3) is 0 Å². The van der Waals surface area contributed by atoms with Crippen molar-refractivity contribution in [2.24, 2.45) is 0 Å². The summed E-state index contributed by atoms with van der Waals surface area (Å²) in [6.45, 7) is 7.03. The SMILES string of the molecule is CCNc1cc(NCCCN(C)C)nc(CC)n1. The smallest absolute Gasteiger partial charge is 0.132 e. The van der Waals surface area contributed by atoms with Gasteiger partial charge >= 0.3 is 0 Å². The Morgan fingerprint density at radius 2 is 1.78 bits per heavy atom. The highest BCUT2D eigenvalue weighted by Gasteiger charge is 2.02. The van der Waals surface area contributed by atoms with E-state index in [1.165, 1.54) is 0 Å². The Morgan fingerprint density at radius 1 is 1.11 bits per heavy atom. The predicted molar refractivity (Wildman–Crippen MR) is 77.2 cm³/mol. The van der Waals surface area contributed by atoms with E-state index in [0.29, 0.717) is 0 Å². The number of rotatable bonds is 8. The number of hydrogen-bond donors (Lipinski definition) is 2. The first-order valence-electron chi connectivity index (χ1n) is 6.66. The maximum atomic E-state index is 4.47. The van der Waals surface area contributed by atoms with E-state index in [1.54, 1.807) is 0 Å². The third-order valence-corrected chi connectivity index (χ3v) is 2.53. The van der Waals surface area contributed by atoms with Crippen molar-refractivity contribution < 1.29 is 0 Å². The first kappa shape index (κ1) is 14.7. The van der Waals surface area contributed by atoms with Crippen LogP contribution >= 0.6 is 0 Å². The fraction of sp³-hybridized carbons (Fsp3) is 0.692. The second kappa shape index (κ2) is 7.87. The van der Waals surface area contributed by atoms with E-state index in [9.17, 15) is 0 Å². The molecule has 1 heterocycles. The van der Waals surface area contributed by atoms with Gasteiger partial charge in [0.15, 0.2) is 0 Å². The van der Waals surface area contributed by atoms with Gasteiger partial charge in [-0.05, 0) is 34.0 Å². The van der Waals surface area contributed by atoms with E-state index >= 15 is 0 Å². The monoisotopic (exact) mass is 251 g/mol. The number of hydrogen-bond acceptors (Lipinski definition) is 5. The van der Waals surface area contributed by atoms with E-state index in [4.69, 9.17) is 0 Å². The normalized spacial score (nSPS) is 10.7. The van der Waals surface area contributed by atoms with Gasteiger partial charge in [-0.1, -0.05) is 6.92 Å². The zero-order valence-corrected chi connectivity index (χ0v) is 12.0. The van der Waals surface area contributed by atoms with Crippen LogP contribution in [0, 0.1) is 0 Å². The molecule has 5 heteroatoms. The summed E-state index contributed by atoms with van der Waals surface area (Å²) in [4.78, 5) is 11.1. The second-order valence-corrected chi connectivity index (χ2v) is 4.52. The zero-order valence-electron chi connectivity index (χ0n) is 12.0. The molecule has 0 unspecified atom stereocenters. The highest BCUT2D eigenvalue weighted by molar-refractivity contribution is 5.47. The molecule has 0 aliphatic rings. The van der Waals surface area contributed by atoms with Crippen molar-refractivity contribution in [1.29, 1.82) is 0 Å². The van der Waals surface area contributed by atoms with Crippen LogP contribution in [-0.2, 0) is 6.42 Å². The molecule has 1 aromatic heterocycles. The Labute approximate surface area is 110 Å². The van der Waals surface area contributed by atoms with Crippen LogP contribution in [0.2, 0.25) is 0 Å². The lowest BCUT2D eigenvalue weighted by molar-refractivity contribution is 0.405. The summed E-state index contributed by atoms with van der Waals surface area (Å²) in [6, 6.07) is 1.97. The summed E-state index contributed by atoms with van der Waals surface area (Å²) in [5.74, 6) is 2.69. The molecule has 0 bridgehead atoms. The molecule has 0 saturated heterocycles. The predicted octanol–water partition coefficient (Wildman–Crippen LogP) is 1.83. The lowest BCUT2D eigenvalue weighted by Crippen LogP contribution is -2.17. The minimum atomic E-state index is 0.853. The van der Waals surface area contributed by atoms with Gasteiger partial charge in [0.05, 0.1) is 0 Å². The molecule has 0 saturated carbocycles. The largest absolute Gasteiger partial charge is 0.370 e. The molecular formula is C13H25N5. The van der Waals surface area contributed by atoms with E-state index in [1.807, 2.05) is 6.07 Å². The van der Waals surface area contributed by atoms with Gasteiger partial charge < -0.3 is 15.5 Å². The van der Waals surface area contributed by atoms with Gasteiger partial charge in [0, 0.05) is 25.6 Å². The zero-order chi connectivity index (χ0) is 13.4. The minimum absolute atomic E-state index is 0.853. The molecule has 0 aliphatic heterocycles. The maximum absolute atomic E-state index is 4.47. The topological polar surface area (TPSA) is 53.1 Å². The van der Waals surface area contributed by atoms with Gasteiger partial charge in [0.25, 0.3) is 0 Å². The van der Waals surface area contributed by atoms with Crippen molar-refractivity contribution in [3.05, 3.63) is 11.9 Å². The van der Waals surface area contributed by atoms with Gasteiger partial charge in [-0.15, -0.1) is 0 Å². The van der Waals surface area contributed by atoms with E-state index in [0.717, 1.165) is 49.9 Å². The molecule has 102 valence electrons. The summed E-state index contributed by atoms with van der Waals surface area (Å²) >= 11 is 0. The Bertz CT molecular complexity index is 351. The standard InChI is InChI=1S/C13H25N5/c1-5-11-16-12(14-6-2)10-13(17-11)15-8-7-9-18(3)4/h10H,5-9H2,1-4H3,(H2,14,15,16,17). The van der Waals surface area contributed by atoms with Crippen LogP contribution < -0.4 is 10.6 Å². The first-order chi connectivity index (χ1) is 8.65. The second-order valence-electron chi connectivity index (χ2n) is 4.52. The molecule has 2 N–H and O–H groups in total. The average Bonchev–Trinajstić information content (AvgIpc) is 2.34. The summed E-state index contributed by atoms with van der Waals surface area (Å²) in [6.07, 6.45) is 1.96. The highest BCUT2D eigenvalue weighted by atomic mass is 15.1. The van der Waals surface area contributed by atoms with E-state index in [-0.39, 0.29) is 0 Å². The molecule has 5 nitrogen and oxygen atoms in total. The molecule has 1 aromatic rings. The maximum Gasteiger partial charge on any atom is 0.132 e. The van der Waals surface area contributed by atoms with Crippen molar-refractivity contribution in [1.82, 2.24) is 14.9 Å². The Kier molecular flexibility index (Phi) is 6.43. The van der Waals surface area contributed by atoms with Gasteiger partial charge in [-0.2, -0.15) is 0 Å². The van der Waals surface area contributed by atoms with Crippen LogP contribution in [0.1, 0.15) is 26.1 Å². The van der Waals surface area contributed by atoms with Gasteiger partial charge in [0.1, 0.15) is 17.5 Å². The lowest BCUT2D eigenvalue weighted by Gasteiger charge is -2.12. The van der Waals surface area contributed by atoms with Crippen LogP contribution in [0.3, 0.4) is 0 Å². The van der Waals surface area contributed by atoms with Crippen molar-refractivity contribution in [2.45, 2.75) is 26.7 Å².